The molecule has 0 heterocycles. The van der Waals surface area contributed by atoms with E-state index in [-0.39, 0.29) is 11.1 Å². The van der Waals surface area contributed by atoms with Crippen molar-refractivity contribution in [1.82, 2.24) is 0 Å². The molecule has 0 aromatic rings. The maximum absolute atomic E-state index is 11.0. The Kier molecular flexibility index (Phi) is 10.4. The first kappa shape index (κ1) is 21.9. The van der Waals surface area contributed by atoms with Crippen LogP contribution in [-0.4, -0.2) is 11.1 Å². The van der Waals surface area contributed by atoms with Gasteiger partial charge in [-0.25, -0.2) is 4.79 Å². The molecule has 0 radical (unpaired) electrons. The molecule has 0 aromatic heterocycles. The van der Waals surface area contributed by atoms with Gasteiger partial charge in [0.1, 0.15) is 0 Å². The summed E-state index contributed by atoms with van der Waals surface area (Å²) < 4.78 is 0. The fourth-order valence-corrected chi connectivity index (χ4v) is 2.34. The largest absolute Gasteiger partial charge is 0.478 e. The van der Waals surface area contributed by atoms with Crippen molar-refractivity contribution < 1.29 is 9.90 Å². The molecule has 0 aliphatic heterocycles. The highest BCUT2D eigenvalue weighted by Gasteiger charge is 2.16. The molecule has 0 aliphatic carbocycles. The Labute approximate surface area is 147 Å². The number of aliphatic carboxylic acids is 1. The van der Waals surface area contributed by atoms with Crippen LogP contribution in [0.5, 0.6) is 0 Å². The molecule has 0 fully saturated rings. The molecule has 0 amide bonds. The lowest BCUT2D eigenvalue weighted by atomic mass is 9.88. The predicted octanol–water partition coefficient (Wildman–Crippen LogP) is 6.55. The molecular formula is C22H32O2. The van der Waals surface area contributed by atoms with Crippen molar-refractivity contribution in [2.24, 2.45) is 0 Å². The third-order valence-corrected chi connectivity index (χ3v) is 4.22. The van der Waals surface area contributed by atoms with Crippen LogP contribution in [0.1, 0.15) is 58.3 Å². The van der Waals surface area contributed by atoms with Crippen LogP contribution in [-0.2, 0) is 4.79 Å². The molecule has 2 nitrogen and oxygen atoms in total. The second kappa shape index (κ2) is 11.4. The number of hydrogen-bond donors (Lipinski definition) is 1. The van der Waals surface area contributed by atoms with Crippen molar-refractivity contribution >= 4 is 5.97 Å². The van der Waals surface area contributed by atoms with E-state index in [2.05, 4.69) is 46.4 Å². The lowest BCUT2D eigenvalue weighted by Crippen LogP contribution is -2.05. The molecule has 2 heteroatoms. The van der Waals surface area contributed by atoms with Crippen LogP contribution < -0.4 is 0 Å². The van der Waals surface area contributed by atoms with E-state index in [1.165, 1.54) is 38.5 Å². The average molecular weight is 328 g/mol. The topological polar surface area (TPSA) is 37.3 Å². The number of hydrogen-bond acceptors (Lipinski definition) is 1. The van der Waals surface area contributed by atoms with E-state index in [0.717, 1.165) is 18.4 Å². The van der Waals surface area contributed by atoms with Crippen LogP contribution >= 0.6 is 0 Å². The first-order chi connectivity index (χ1) is 11.2. The van der Waals surface area contributed by atoms with Crippen molar-refractivity contribution in [2.75, 3.05) is 0 Å². The Balaban J connectivity index is 4.33. The minimum atomic E-state index is -1.11. The highest BCUT2D eigenvalue weighted by Crippen LogP contribution is 2.30. The summed E-state index contributed by atoms with van der Waals surface area (Å²) in [5.74, 6) is -1.11. The first-order valence-electron chi connectivity index (χ1n) is 8.61. The second-order valence-electron chi connectivity index (χ2n) is 6.17. The van der Waals surface area contributed by atoms with Gasteiger partial charge in [0.25, 0.3) is 0 Å². The zero-order chi connectivity index (χ0) is 18.7. The summed E-state index contributed by atoms with van der Waals surface area (Å²) >= 11 is 0. The van der Waals surface area contributed by atoms with Crippen LogP contribution in [0.25, 0.3) is 0 Å². The fourth-order valence-electron chi connectivity index (χ4n) is 2.34. The molecule has 0 saturated heterocycles. The summed E-state index contributed by atoms with van der Waals surface area (Å²) in [7, 11) is 0. The van der Waals surface area contributed by atoms with Gasteiger partial charge in [-0.3, -0.25) is 0 Å². The third kappa shape index (κ3) is 7.45. The van der Waals surface area contributed by atoms with Gasteiger partial charge in [-0.1, -0.05) is 84.9 Å². The summed E-state index contributed by atoms with van der Waals surface area (Å²) in [6.45, 7) is 25.4. The number of carboxylic acids is 1. The van der Waals surface area contributed by atoms with Crippen molar-refractivity contribution in [3.05, 3.63) is 72.9 Å². The molecule has 0 aromatic carbocycles. The molecule has 0 rings (SSSR count). The molecule has 0 atom stereocenters. The summed E-state index contributed by atoms with van der Waals surface area (Å²) in [4.78, 5) is 11.0. The van der Waals surface area contributed by atoms with Crippen LogP contribution in [0.3, 0.4) is 0 Å². The van der Waals surface area contributed by atoms with E-state index in [0.29, 0.717) is 16.7 Å². The number of carbonyl (C=O) groups is 1. The zero-order valence-corrected chi connectivity index (χ0v) is 15.3. The number of carboxylic acid groups (broad SMARTS) is 1. The zero-order valence-electron chi connectivity index (χ0n) is 15.3. The maximum atomic E-state index is 11.0. The lowest BCUT2D eigenvalue weighted by Gasteiger charge is -2.16. The number of allylic oxidation sites excluding steroid dienone is 4. The van der Waals surface area contributed by atoms with Gasteiger partial charge in [-0.2, -0.15) is 0 Å². The quantitative estimate of drug-likeness (QED) is 0.223. The van der Waals surface area contributed by atoms with Crippen molar-refractivity contribution in [3.63, 3.8) is 0 Å². The number of rotatable bonds is 14. The van der Waals surface area contributed by atoms with E-state index >= 15 is 0 Å². The highest BCUT2D eigenvalue weighted by atomic mass is 16.4. The molecule has 0 saturated carbocycles. The monoisotopic (exact) mass is 328 g/mol. The van der Waals surface area contributed by atoms with E-state index in [1.54, 1.807) is 0 Å². The summed E-state index contributed by atoms with van der Waals surface area (Å²) in [5.41, 5.74) is 2.86. The Morgan fingerprint density at radius 1 is 0.667 bits per heavy atom. The van der Waals surface area contributed by atoms with Crippen LogP contribution in [0.4, 0.5) is 0 Å². The van der Waals surface area contributed by atoms with Gasteiger partial charge in [0.05, 0.1) is 5.57 Å². The van der Waals surface area contributed by atoms with Gasteiger partial charge < -0.3 is 5.11 Å². The van der Waals surface area contributed by atoms with Gasteiger partial charge in [0.2, 0.25) is 0 Å². The standard InChI is InChI=1S/C22H32O2/c1-8-9-10-11-12-13-14-15-16(2)17(3)18(4)19(5)20(6)21(7)22(23)24/h2-15H2,1H3,(H,23,24). The normalized spacial score (nSPS) is 10.0. The SMILES string of the molecule is C=C(CCCCCCCCC)C(=C)C(=C)C(=C)C(=C)C(=C)C(=O)O. The molecule has 24 heavy (non-hydrogen) atoms. The third-order valence-electron chi connectivity index (χ3n) is 4.22. The molecule has 0 bridgehead atoms. The molecule has 1 N–H and O–H groups in total. The first-order valence-corrected chi connectivity index (χ1v) is 8.61. The van der Waals surface area contributed by atoms with Crippen molar-refractivity contribution in [2.45, 2.75) is 58.3 Å². The molecule has 0 unspecified atom stereocenters. The van der Waals surface area contributed by atoms with Crippen LogP contribution in [0.15, 0.2) is 72.9 Å². The van der Waals surface area contributed by atoms with E-state index in [9.17, 15) is 4.79 Å². The molecule has 0 aliphatic rings. The van der Waals surface area contributed by atoms with E-state index < -0.39 is 5.97 Å². The fraction of sp³-hybridized carbons (Fsp3) is 0.409. The smallest absolute Gasteiger partial charge is 0.335 e. The van der Waals surface area contributed by atoms with Gasteiger partial charge in [-0.15, -0.1) is 0 Å². The summed E-state index contributed by atoms with van der Waals surface area (Å²) in [6.07, 6.45) is 9.57. The van der Waals surface area contributed by atoms with Gasteiger partial charge in [0.15, 0.2) is 0 Å². The van der Waals surface area contributed by atoms with Crippen LogP contribution in [0.2, 0.25) is 0 Å². The van der Waals surface area contributed by atoms with Gasteiger partial charge in [0, 0.05) is 0 Å². The van der Waals surface area contributed by atoms with Crippen molar-refractivity contribution in [3.8, 4) is 0 Å². The Bertz CT molecular complexity index is 546. The minimum absolute atomic E-state index is 0.0772. The number of unbranched alkanes of at least 4 members (excludes halogenated alkanes) is 6. The highest BCUT2D eigenvalue weighted by molar-refractivity contribution is 5.93. The predicted molar refractivity (Wildman–Crippen MR) is 105 cm³/mol. The maximum Gasteiger partial charge on any atom is 0.335 e. The summed E-state index contributed by atoms with van der Waals surface area (Å²) in [5, 5.41) is 8.98. The van der Waals surface area contributed by atoms with Gasteiger partial charge in [-0.05, 0) is 40.7 Å². The second-order valence-corrected chi connectivity index (χ2v) is 6.17. The Hall–Kier alpha value is -2.09. The molecule has 132 valence electrons. The van der Waals surface area contributed by atoms with E-state index in [4.69, 9.17) is 5.11 Å². The Morgan fingerprint density at radius 3 is 1.58 bits per heavy atom. The van der Waals surface area contributed by atoms with E-state index in [1.807, 2.05) is 0 Å². The average Bonchev–Trinajstić information content (AvgIpc) is 2.57. The Morgan fingerprint density at radius 2 is 1.08 bits per heavy atom. The van der Waals surface area contributed by atoms with Crippen LogP contribution in [0, 0.1) is 0 Å². The van der Waals surface area contributed by atoms with Gasteiger partial charge >= 0.3 is 5.97 Å². The van der Waals surface area contributed by atoms with Crippen molar-refractivity contribution in [1.29, 1.82) is 0 Å². The molecule has 0 spiro atoms. The summed E-state index contributed by atoms with van der Waals surface area (Å²) in [6, 6.07) is 0. The minimum Gasteiger partial charge on any atom is -0.478 e. The molecular weight excluding hydrogens is 296 g/mol. The lowest BCUT2D eigenvalue weighted by molar-refractivity contribution is -0.132.